The van der Waals surface area contributed by atoms with Gasteiger partial charge < -0.3 is 10.2 Å². The SMILES string of the molecule is Cc1ccccc1CC(=O)N1CCC(c2nc(CNC(=O)C3CCC3)cs2)CC1. The molecule has 1 aliphatic carbocycles. The Morgan fingerprint density at radius 1 is 1.17 bits per heavy atom. The van der Waals surface area contributed by atoms with Crippen molar-refractivity contribution in [3.05, 3.63) is 51.5 Å². The van der Waals surface area contributed by atoms with Gasteiger partial charge in [-0.15, -0.1) is 11.3 Å². The summed E-state index contributed by atoms with van der Waals surface area (Å²) in [5, 5.41) is 6.22. The molecule has 1 aromatic carbocycles. The van der Waals surface area contributed by atoms with Crippen molar-refractivity contribution in [1.82, 2.24) is 15.2 Å². The van der Waals surface area contributed by atoms with E-state index in [9.17, 15) is 9.59 Å². The van der Waals surface area contributed by atoms with Gasteiger partial charge in [-0.1, -0.05) is 30.7 Å². The lowest BCUT2D eigenvalue weighted by atomic mass is 9.85. The third-order valence-electron chi connectivity index (χ3n) is 6.29. The predicted molar refractivity (Wildman–Crippen MR) is 115 cm³/mol. The van der Waals surface area contributed by atoms with Gasteiger partial charge in [0.1, 0.15) is 0 Å². The highest BCUT2D eigenvalue weighted by Crippen LogP contribution is 2.31. The lowest BCUT2D eigenvalue weighted by molar-refractivity contribution is -0.131. The first-order valence-electron chi connectivity index (χ1n) is 10.6. The first-order chi connectivity index (χ1) is 14.1. The summed E-state index contributed by atoms with van der Waals surface area (Å²) >= 11 is 1.68. The van der Waals surface area contributed by atoms with Crippen molar-refractivity contribution in [1.29, 1.82) is 0 Å². The molecule has 0 radical (unpaired) electrons. The Morgan fingerprint density at radius 2 is 1.93 bits per heavy atom. The number of benzene rings is 1. The molecular formula is C23H29N3O2S. The fourth-order valence-corrected chi connectivity index (χ4v) is 5.03. The summed E-state index contributed by atoms with van der Waals surface area (Å²) in [6.45, 7) is 4.18. The summed E-state index contributed by atoms with van der Waals surface area (Å²) in [5.74, 6) is 1.02. The van der Waals surface area contributed by atoms with Crippen LogP contribution in [0.5, 0.6) is 0 Å². The molecule has 154 valence electrons. The molecule has 2 fully saturated rings. The van der Waals surface area contributed by atoms with Crippen LogP contribution in [0.2, 0.25) is 0 Å². The van der Waals surface area contributed by atoms with Crippen molar-refractivity contribution in [2.45, 2.75) is 57.9 Å². The number of nitrogens with zero attached hydrogens (tertiary/aromatic N) is 2. The molecule has 1 saturated carbocycles. The largest absolute Gasteiger partial charge is 0.350 e. The molecule has 2 aliphatic rings. The molecule has 6 heteroatoms. The smallest absolute Gasteiger partial charge is 0.226 e. The van der Waals surface area contributed by atoms with Gasteiger partial charge in [0, 0.05) is 30.3 Å². The summed E-state index contributed by atoms with van der Waals surface area (Å²) in [4.78, 5) is 31.4. The number of carbonyl (C=O) groups excluding carboxylic acids is 2. The number of likely N-dealkylation sites (tertiary alicyclic amines) is 1. The summed E-state index contributed by atoms with van der Waals surface area (Å²) < 4.78 is 0. The molecule has 2 heterocycles. The van der Waals surface area contributed by atoms with Crippen molar-refractivity contribution in [3.8, 4) is 0 Å². The molecule has 5 nitrogen and oxygen atoms in total. The van der Waals surface area contributed by atoms with Crippen LogP contribution in [0, 0.1) is 12.8 Å². The fraction of sp³-hybridized carbons (Fsp3) is 0.522. The first-order valence-corrected chi connectivity index (χ1v) is 11.5. The highest BCUT2D eigenvalue weighted by atomic mass is 32.1. The van der Waals surface area contributed by atoms with Crippen LogP contribution in [0.1, 0.15) is 59.9 Å². The van der Waals surface area contributed by atoms with Gasteiger partial charge in [0.05, 0.1) is 23.7 Å². The van der Waals surface area contributed by atoms with E-state index in [1.807, 2.05) is 23.1 Å². The molecule has 0 atom stereocenters. The second-order valence-electron chi connectivity index (χ2n) is 8.28. The Kier molecular flexibility index (Phi) is 6.28. The highest BCUT2D eigenvalue weighted by Gasteiger charge is 2.27. The Bertz CT molecular complexity index is 867. The molecule has 1 aliphatic heterocycles. The molecular weight excluding hydrogens is 382 g/mol. The Balaban J connectivity index is 1.25. The quantitative estimate of drug-likeness (QED) is 0.786. The lowest BCUT2D eigenvalue weighted by Crippen LogP contribution is -2.38. The Morgan fingerprint density at radius 3 is 2.62 bits per heavy atom. The Hall–Kier alpha value is -2.21. The molecule has 1 aromatic heterocycles. The summed E-state index contributed by atoms with van der Waals surface area (Å²) in [6, 6.07) is 8.11. The van der Waals surface area contributed by atoms with E-state index in [1.165, 1.54) is 12.0 Å². The second kappa shape index (κ2) is 9.08. The normalized spacial score (nSPS) is 17.8. The van der Waals surface area contributed by atoms with Gasteiger partial charge in [0.15, 0.2) is 0 Å². The lowest BCUT2D eigenvalue weighted by Gasteiger charge is -2.31. The fourth-order valence-electron chi connectivity index (χ4n) is 4.04. The van der Waals surface area contributed by atoms with Crippen molar-refractivity contribution in [2.24, 2.45) is 5.92 Å². The zero-order valence-electron chi connectivity index (χ0n) is 17.0. The third-order valence-corrected chi connectivity index (χ3v) is 7.35. The number of carbonyl (C=O) groups is 2. The number of aryl methyl sites for hydroxylation is 1. The maximum Gasteiger partial charge on any atom is 0.226 e. The number of aromatic nitrogens is 1. The van der Waals surface area contributed by atoms with E-state index in [0.29, 0.717) is 18.9 Å². The van der Waals surface area contributed by atoms with Gasteiger partial charge in [0.2, 0.25) is 11.8 Å². The van der Waals surface area contributed by atoms with Crippen LogP contribution in [0.3, 0.4) is 0 Å². The van der Waals surface area contributed by atoms with E-state index in [2.05, 4.69) is 23.7 Å². The van der Waals surface area contributed by atoms with E-state index >= 15 is 0 Å². The van der Waals surface area contributed by atoms with Crippen LogP contribution in [0.25, 0.3) is 0 Å². The van der Waals surface area contributed by atoms with E-state index in [1.54, 1.807) is 11.3 Å². The standard InChI is InChI=1S/C23H29N3O2S/c1-16-5-2-3-6-19(16)13-21(27)26-11-9-18(10-12-26)23-25-20(15-29-23)14-24-22(28)17-7-4-8-17/h2-3,5-6,15,17-18H,4,7-14H2,1H3,(H,24,28). The van der Waals surface area contributed by atoms with E-state index < -0.39 is 0 Å². The predicted octanol–water partition coefficient (Wildman–Crippen LogP) is 3.82. The van der Waals surface area contributed by atoms with Crippen LogP contribution in [0.15, 0.2) is 29.6 Å². The molecule has 0 unspecified atom stereocenters. The summed E-state index contributed by atoms with van der Waals surface area (Å²) in [7, 11) is 0. The molecule has 2 aromatic rings. The van der Waals surface area contributed by atoms with Gasteiger partial charge in [-0.2, -0.15) is 0 Å². The Labute approximate surface area is 176 Å². The zero-order valence-corrected chi connectivity index (χ0v) is 17.8. The maximum atomic E-state index is 12.7. The summed E-state index contributed by atoms with van der Waals surface area (Å²) in [5.41, 5.74) is 3.25. The number of hydrogen-bond donors (Lipinski definition) is 1. The monoisotopic (exact) mass is 411 g/mol. The van der Waals surface area contributed by atoms with E-state index in [0.717, 1.165) is 55.0 Å². The summed E-state index contributed by atoms with van der Waals surface area (Å²) in [6.07, 6.45) is 5.62. The molecule has 1 N–H and O–H groups in total. The highest BCUT2D eigenvalue weighted by molar-refractivity contribution is 7.09. The molecule has 1 saturated heterocycles. The first kappa shape index (κ1) is 20.1. The number of rotatable bonds is 6. The molecule has 4 rings (SSSR count). The van der Waals surface area contributed by atoms with Crippen LogP contribution >= 0.6 is 11.3 Å². The van der Waals surface area contributed by atoms with E-state index in [-0.39, 0.29) is 17.7 Å². The number of thiazole rings is 1. The molecule has 29 heavy (non-hydrogen) atoms. The maximum absolute atomic E-state index is 12.7. The van der Waals surface area contributed by atoms with Crippen molar-refractivity contribution in [3.63, 3.8) is 0 Å². The van der Waals surface area contributed by atoms with Gasteiger partial charge in [-0.05, 0) is 43.7 Å². The van der Waals surface area contributed by atoms with Gasteiger partial charge in [0.25, 0.3) is 0 Å². The van der Waals surface area contributed by atoms with Crippen LogP contribution in [0.4, 0.5) is 0 Å². The number of piperidine rings is 1. The zero-order chi connectivity index (χ0) is 20.2. The van der Waals surface area contributed by atoms with Crippen molar-refractivity contribution >= 4 is 23.2 Å². The third kappa shape index (κ3) is 4.86. The average Bonchev–Trinajstić information content (AvgIpc) is 3.16. The van der Waals surface area contributed by atoms with Crippen molar-refractivity contribution < 1.29 is 9.59 Å². The molecule has 2 amide bonds. The molecule has 0 spiro atoms. The number of nitrogens with one attached hydrogen (secondary N) is 1. The van der Waals surface area contributed by atoms with Crippen LogP contribution in [-0.4, -0.2) is 34.8 Å². The van der Waals surface area contributed by atoms with Crippen LogP contribution in [-0.2, 0) is 22.6 Å². The van der Waals surface area contributed by atoms with Gasteiger partial charge in [-0.25, -0.2) is 4.98 Å². The topological polar surface area (TPSA) is 62.3 Å². The second-order valence-corrected chi connectivity index (χ2v) is 9.17. The minimum Gasteiger partial charge on any atom is -0.350 e. The van der Waals surface area contributed by atoms with E-state index in [4.69, 9.17) is 4.98 Å². The average molecular weight is 412 g/mol. The minimum absolute atomic E-state index is 0.172. The number of amides is 2. The minimum atomic E-state index is 0.172. The number of hydrogen-bond acceptors (Lipinski definition) is 4. The van der Waals surface area contributed by atoms with Gasteiger partial charge >= 0.3 is 0 Å². The van der Waals surface area contributed by atoms with Crippen molar-refractivity contribution in [2.75, 3.05) is 13.1 Å². The van der Waals surface area contributed by atoms with Gasteiger partial charge in [-0.3, -0.25) is 9.59 Å². The molecule has 0 bridgehead atoms. The van der Waals surface area contributed by atoms with Crippen LogP contribution < -0.4 is 5.32 Å².